The maximum absolute atomic E-state index is 12.6. The van der Waals surface area contributed by atoms with Gasteiger partial charge in [-0.3, -0.25) is 0 Å². The van der Waals surface area contributed by atoms with Crippen molar-refractivity contribution in [2.75, 3.05) is 6.61 Å². The van der Waals surface area contributed by atoms with E-state index < -0.39 is 29.7 Å². The van der Waals surface area contributed by atoms with Gasteiger partial charge in [0, 0.05) is 17.9 Å². The van der Waals surface area contributed by atoms with Crippen LogP contribution in [-0.2, 0) is 19.0 Å². The molecule has 0 amide bonds. The highest BCUT2D eigenvalue weighted by Gasteiger charge is 2.27. The third kappa shape index (κ3) is 10.9. The van der Waals surface area contributed by atoms with Crippen LogP contribution in [0.3, 0.4) is 0 Å². The second-order valence-corrected chi connectivity index (χ2v) is 11.4. The predicted molar refractivity (Wildman–Crippen MR) is 146 cm³/mol. The van der Waals surface area contributed by atoms with E-state index in [4.69, 9.17) is 25.8 Å². The van der Waals surface area contributed by atoms with Crippen LogP contribution in [0.4, 0.5) is 0 Å². The Kier molecular flexibility index (Phi) is 12.1. The third-order valence-corrected chi connectivity index (χ3v) is 7.37. The first kappa shape index (κ1) is 29.9. The Morgan fingerprint density at radius 3 is 2.76 bits per heavy atom. The molecule has 7 heteroatoms. The number of carbonyl (C=O) groups excluding carboxylic acids is 1. The average molecular weight is 535 g/mol. The summed E-state index contributed by atoms with van der Waals surface area (Å²) in [4.78, 5) is 12.6. The van der Waals surface area contributed by atoms with E-state index in [2.05, 4.69) is 19.6 Å². The van der Waals surface area contributed by atoms with Crippen LogP contribution < -0.4 is 0 Å². The van der Waals surface area contributed by atoms with Gasteiger partial charge in [-0.15, -0.1) is 11.6 Å². The van der Waals surface area contributed by atoms with Crippen LogP contribution >= 0.6 is 11.6 Å². The lowest BCUT2D eigenvalue weighted by atomic mass is 9.91. The van der Waals surface area contributed by atoms with E-state index in [1.165, 1.54) is 11.6 Å². The molecule has 3 aliphatic heterocycles. The van der Waals surface area contributed by atoms with Gasteiger partial charge < -0.3 is 24.4 Å². The molecule has 0 radical (unpaired) electrons. The number of aliphatic hydroxyl groups is 2. The zero-order valence-corrected chi connectivity index (χ0v) is 22.9. The Hall–Kier alpha value is -1.70. The summed E-state index contributed by atoms with van der Waals surface area (Å²) in [7, 11) is 0. The highest BCUT2D eigenvalue weighted by molar-refractivity contribution is 6.20. The van der Waals surface area contributed by atoms with Crippen molar-refractivity contribution in [2.24, 2.45) is 5.92 Å². The highest BCUT2D eigenvalue weighted by Crippen LogP contribution is 2.27. The molecule has 3 heterocycles. The first-order chi connectivity index (χ1) is 17.7. The molecule has 0 spiro atoms. The molecule has 206 valence electrons. The maximum Gasteiger partial charge on any atom is 0.330 e. The van der Waals surface area contributed by atoms with Crippen molar-refractivity contribution in [1.82, 2.24) is 0 Å². The molecular weight excluding hydrogens is 492 g/mol. The zero-order valence-electron chi connectivity index (χ0n) is 22.1. The van der Waals surface area contributed by atoms with Crippen LogP contribution in [-0.4, -0.2) is 64.8 Å². The van der Waals surface area contributed by atoms with Crippen molar-refractivity contribution < 1.29 is 29.2 Å². The monoisotopic (exact) mass is 534 g/mol. The SMILES string of the molecule is C=C1C[C@H](C)C[C@@H]2CC=C[C@@H](C/C=C\C(=O)O[C@H]([C@@H](O)/C=C/[C@@H]3CC(C)=CCO3)C[C@@H](Cl)C[C@@H](O)C1)O2. The normalized spacial score (nSPS) is 36.8. The topological polar surface area (TPSA) is 85.2 Å². The molecule has 0 saturated heterocycles. The molecule has 0 aromatic carbocycles. The molecule has 0 aromatic heterocycles. The Labute approximate surface area is 226 Å². The van der Waals surface area contributed by atoms with Crippen molar-refractivity contribution in [3.05, 3.63) is 60.3 Å². The first-order valence-corrected chi connectivity index (χ1v) is 13.9. The summed E-state index contributed by atoms with van der Waals surface area (Å²) in [5, 5.41) is 21.1. The van der Waals surface area contributed by atoms with Crippen molar-refractivity contribution in [3.63, 3.8) is 0 Å². The minimum atomic E-state index is -1.06. The molecule has 0 saturated carbocycles. The molecule has 0 unspecified atom stereocenters. The van der Waals surface area contributed by atoms with Gasteiger partial charge in [0.2, 0.25) is 0 Å². The van der Waals surface area contributed by atoms with Gasteiger partial charge in [0.05, 0.1) is 31.0 Å². The third-order valence-electron chi connectivity index (χ3n) is 7.02. The van der Waals surface area contributed by atoms with Crippen molar-refractivity contribution in [2.45, 2.75) is 107 Å². The highest BCUT2D eigenvalue weighted by atomic mass is 35.5. The van der Waals surface area contributed by atoms with E-state index in [9.17, 15) is 15.0 Å². The quantitative estimate of drug-likeness (QED) is 0.289. The number of rotatable bonds is 3. The minimum absolute atomic E-state index is 0.0940. The number of alkyl halides is 1. The number of ether oxygens (including phenoxy) is 3. The smallest absolute Gasteiger partial charge is 0.330 e. The fourth-order valence-electron chi connectivity index (χ4n) is 5.19. The Bertz CT molecular complexity index is 877. The van der Waals surface area contributed by atoms with Gasteiger partial charge in [-0.05, 0) is 57.8 Å². The molecule has 37 heavy (non-hydrogen) atoms. The Balaban J connectivity index is 1.71. The second-order valence-electron chi connectivity index (χ2n) is 10.8. The molecule has 8 atom stereocenters. The van der Waals surface area contributed by atoms with Gasteiger partial charge in [-0.25, -0.2) is 4.79 Å². The van der Waals surface area contributed by atoms with Gasteiger partial charge in [-0.1, -0.05) is 61.1 Å². The molecule has 3 rings (SSSR count). The van der Waals surface area contributed by atoms with Gasteiger partial charge in [-0.2, -0.15) is 0 Å². The maximum atomic E-state index is 12.6. The summed E-state index contributed by atoms with van der Waals surface area (Å²) in [5.41, 5.74) is 2.22. The van der Waals surface area contributed by atoms with E-state index in [0.29, 0.717) is 31.8 Å². The van der Waals surface area contributed by atoms with Crippen LogP contribution in [0.2, 0.25) is 0 Å². The lowest BCUT2D eigenvalue weighted by molar-refractivity contribution is -0.147. The molecular formula is C30H43ClO6. The minimum Gasteiger partial charge on any atom is -0.456 e. The van der Waals surface area contributed by atoms with Gasteiger partial charge >= 0.3 is 5.97 Å². The number of hydrogen-bond donors (Lipinski definition) is 2. The molecule has 0 aliphatic carbocycles. The number of carbonyl (C=O) groups is 1. The molecule has 3 aliphatic rings. The standard InChI is InChI=1S/C30H43ClO6/c1-20-12-13-35-26(16-20)10-11-28(33)29-19-23(31)18-24(32)15-21(2)14-22(3)17-27-8-4-6-25(36-27)7-5-9-30(34)37-29/h4-6,9-12,22-29,32-33H,2,7-8,13-19H2,1,3H3/b9-5-,11-10+/t22-,23-,24-,25-,26+,27-,28-,29-/m0/s1. The summed E-state index contributed by atoms with van der Waals surface area (Å²) in [6.45, 7) is 8.94. The second kappa shape index (κ2) is 15.0. The molecule has 6 nitrogen and oxygen atoms in total. The number of aliphatic hydroxyl groups excluding tert-OH is 2. The molecule has 0 fully saturated rings. The number of cyclic esters (lactones) is 1. The largest absolute Gasteiger partial charge is 0.456 e. The van der Waals surface area contributed by atoms with Crippen molar-refractivity contribution in [1.29, 1.82) is 0 Å². The summed E-state index contributed by atoms with van der Waals surface area (Å²) in [6, 6.07) is 0. The Morgan fingerprint density at radius 1 is 1.16 bits per heavy atom. The molecule has 2 bridgehead atoms. The number of fused-ring (bicyclic) bond motifs is 2. The fourth-order valence-corrected chi connectivity index (χ4v) is 5.57. The van der Waals surface area contributed by atoms with Crippen LogP contribution in [0.1, 0.15) is 65.2 Å². The summed E-state index contributed by atoms with van der Waals surface area (Å²) in [5.74, 6) is -0.166. The van der Waals surface area contributed by atoms with Gasteiger partial charge in [0.25, 0.3) is 0 Å². The number of hydrogen-bond acceptors (Lipinski definition) is 6. The van der Waals surface area contributed by atoms with Crippen molar-refractivity contribution >= 4 is 17.6 Å². The number of halogens is 1. The van der Waals surface area contributed by atoms with Crippen molar-refractivity contribution in [3.8, 4) is 0 Å². The van der Waals surface area contributed by atoms with E-state index >= 15 is 0 Å². The van der Waals surface area contributed by atoms with Crippen LogP contribution in [0.25, 0.3) is 0 Å². The summed E-state index contributed by atoms with van der Waals surface area (Å²) < 4.78 is 17.5. The van der Waals surface area contributed by atoms with Crippen LogP contribution in [0.5, 0.6) is 0 Å². The zero-order chi connectivity index (χ0) is 26.8. The predicted octanol–water partition coefficient (Wildman–Crippen LogP) is 5.34. The summed E-state index contributed by atoms with van der Waals surface area (Å²) >= 11 is 6.59. The van der Waals surface area contributed by atoms with E-state index in [1.807, 2.05) is 25.2 Å². The Morgan fingerprint density at radius 2 is 1.97 bits per heavy atom. The van der Waals surface area contributed by atoms with E-state index in [-0.39, 0.29) is 24.7 Å². The van der Waals surface area contributed by atoms with E-state index in [0.717, 1.165) is 31.3 Å². The first-order valence-electron chi connectivity index (χ1n) is 13.5. The van der Waals surface area contributed by atoms with Gasteiger partial charge in [0.1, 0.15) is 12.2 Å². The van der Waals surface area contributed by atoms with Crippen LogP contribution in [0, 0.1) is 5.92 Å². The summed E-state index contributed by atoms with van der Waals surface area (Å²) in [6.07, 6.45) is 15.0. The van der Waals surface area contributed by atoms with Gasteiger partial charge in [0.15, 0.2) is 0 Å². The van der Waals surface area contributed by atoms with E-state index in [1.54, 1.807) is 12.2 Å². The average Bonchev–Trinajstić information content (AvgIpc) is 2.81. The molecule has 2 N–H and O–H groups in total. The number of esters is 1. The van der Waals surface area contributed by atoms with Crippen LogP contribution in [0.15, 0.2) is 60.3 Å². The lowest BCUT2D eigenvalue weighted by Crippen LogP contribution is -2.33. The lowest BCUT2D eigenvalue weighted by Gasteiger charge is -2.28. The molecule has 0 aromatic rings. The fraction of sp³-hybridized carbons (Fsp3) is 0.633.